The van der Waals surface area contributed by atoms with Crippen LogP contribution in [0.5, 0.6) is 0 Å². The van der Waals surface area contributed by atoms with Crippen molar-refractivity contribution in [3.8, 4) is 17.9 Å². The number of hydrogen-bond donors (Lipinski definition) is 2. The molecule has 2 unspecified atom stereocenters. The van der Waals surface area contributed by atoms with Crippen molar-refractivity contribution in [1.82, 2.24) is 19.8 Å². The number of carbonyl (C=O) groups excluding carboxylic acids is 1. The Kier molecular flexibility index (Phi) is 5.97. The molecule has 8 nitrogen and oxygen atoms in total. The van der Waals surface area contributed by atoms with Gasteiger partial charge in [-0.15, -0.1) is 0 Å². The average molecular weight is 551 g/mol. The molecule has 12 heteroatoms. The third-order valence-corrected chi connectivity index (χ3v) is 8.59. The number of nitrogens with zero attached hydrogens (tertiary/aromatic N) is 4. The molecule has 184 valence electrons. The van der Waals surface area contributed by atoms with E-state index >= 15 is 0 Å². The van der Waals surface area contributed by atoms with Gasteiger partial charge < -0.3 is 0 Å². The van der Waals surface area contributed by atoms with E-state index in [0.717, 1.165) is 25.9 Å². The van der Waals surface area contributed by atoms with E-state index in [1.54, 1.807) is 12.1 Å². The van der Waals surface area contributed by atoms with Crippen LogP contribution >= 0.6 is 0 Å². The summed E-state index contributed by atoms with van der Waals surface area (Å²) in [4.78, 5) is 13.3. The monoisotopic (exact) mass is 552 g/mol. The molecular formula is C23H23F3N6O2Se. The molecule has 4 heterocycles. The molecule has 2 aromatic heterocycles. The number of anilines is 1. The van der Waals surface area contributed by atoms with Crippen LogP contribution in [-0.4, -0.2) is 84.4 Å². The fraction of sp³-hybridized carbons (Fsp3) is 0.522. The number of aromatic nitrogens is 2. The zero-order valence-electron chi connectivity index (χ0n) is 18.9. The van der Waals surface area contributed by atoms with Crippen LogP contribution in [0.4, 0.5) is 19.0 Å². The number of fused-ring (bicyclic) bond motifs is 2. The van der Waals surface area contributed by atoms with Gasteiger partial charge in [-0.05, 0) is 0 Å². The number of halogens is 3. The minimum atomic E-state index is -4.36. The third-order valence-electron chi connectivity index (χ3n) is 6.84. The summed E-state index contributed by atoms with van der Waals surface area (Å²) >= 11 is -1.83. The number of likely N-dealkylation sites (tertiary alicyclic amines) is 1. The van der Waals surface area contributed by atoms with Crippen molar-refractivity contribution >= 4 is 36.7 Å². The van der Waals surface area contributed by atoms with E-state index in [1.807, 2.05) is 6.07 Å². The molecule has 2 saturated heterocycles. The molecule has 5 rings (SSSR count). The molecule has 35 heavy (non-hydrogen) atoms. The predicted molar refractivity (Wildman–Crippen MR) is 122 cm³/mol. The molecule has 0 aromatic carbocycles. The third kappa shape index (κ3) is 4.59. The average Bonchev–Trinajstić information content (AvgIpc) is 3.37. The van der Waals surface area contributed by atoms with Crippen molar-refractivity contribution in [2.45, 2.75) is 35.9 Å². The molecule has 3 aliphatic rings. The van der Waals surface area contributed by atoms with Crippen LogP contribution in [0.15, 0.2) is 18.2 Å². The van der Waals surface area contributed by atoms with Crippen LogP contribution in [0.25, 0.3) is 5.52 Å². The fourth-order valence-electron chi connectivity index (χ4n) is 4.83. The SMILES string of the molecule is CC(=O)NCC#Cc1nn2c(NC34CCN(C5(C#N)COC5)CC3C4)cccc2c1[Se]C(F)(F)F. The van der Waals surface area contributed by atoms with Crippen molar-refractivity contribution in [2.75, 3.05) is 38.2 Å². The first-order valence-electron chi connectivity index (χ1n) is 11.2. The van der Waals surface area contributed by atoms with Gasteiger partial charge in [-0.1, -0.05) is 0 Å². The van der Waals surface area contributed by atoms with Crippen LogP contribution in [0.1, 0.15) is 25.5 Å². The number of nitrogens with one attached hydrogen (secondary N) is 2. The van der Waals surface area contributed by atoms with E-state index in [9.17, 15) is 23.2 Å². The van der Waals surface area contributed by atoms with Gasteiger partial charge >= 0.3 is 206 Å². The molecule has 3 fully saturated rings. The summed E-state index contributed by atoms with van der Waals surface area (Å²) in [6, 6.07) is 7.56. The topological polar surface area (TPSA) is 94.7 Å². The maximum absolute atomic E-state index is 13.4. The zero-order chi connectivity index (χ0) is 24.8. The molecule has 0 spiro atoms. The van der Waals surface area contributed by atoms with Crippen LogP contribution < -0.4 is 15.1 Å². The Morgan fingerprint density at radius 1 is 1.40 bits per heavy atom. The molecule has 0 radical (unpaired) electrons. The maximum atomic E-state index is 13.4. The van der Waals surface area contributed by atoms with Crippen molar-refractivity contribution < 1.29 is 22.7 Å². The van der Waals surface area contributed by atoms with Crippen LogP contribution in [0, 0.1) is 29.1 Å². The van der Waals surface area contributed by atoms with E-state index in [2.05, 4.69) is 38.5 Å². The number of alkyl halides is 3. The molecule has 1 aliphatic carbocycles. The standard InChI is InChI=1S/C23H23F3N6O2Se/c1-15(33)28-8-3-4-17-20(35-23(24,25)26)18-5-2-6-19(32(18)30-17)29-22-7-9-31(11-16(22)10-22)21(12-27)13-34-14-21/h2,5-6,16,29H,7-11,13-14H2,1H3,(H,28,33). The Morgan fingerprint density at radius 2 is 2.20 bits per heavy atom. The normalized spacial score (nSPS) is 24.9. The van der Waals surface area contributed by atoms with Crippen molar-refractivity contribution in [1.29, 1.82) is 5.26 Å². The quantitative estimate of drug-likeness (QED) is 0.423. The molecule has 2 N–H and O–H groups in total. The van der Waals surface area contributed by atoms with Gasteiger partial charge in [0.1, 0.15) is 0 Å². The fourth-order valence-corrected chi connectivity index (χ4v) is 6.25. The molecule has 1 saturated carbocycles. The van der Waals surface area contributed by atoms with E-state index in [0.29, 0.717) is 30.5 Å². The second kappa shape index (κ2) is 8.72. The van der Waals surface area contributed by atoms with Gasteiger partial charge in [-0.25, -0.2) is 0 Å². The van der Waals surface area contributed by atoms with E-state index in [1.165, 1.54) is 11.4 Å². The number of hydrogen-bond acceptors (Lipinski definition) is 6. The summed E-state index contributed by atoms with van der Waals surface area (Å²) in [5, 5.41) is 15.8. The van der Waals surface area contributed by atoms with Gasteiger partial charge in [0.25, 0.3) is 0 Å². The van der Waals surface area contributed by atoms with Gasteiger partial charge in [-0.2, -0.15) is 0 Å². The number of pyridine rings is 1. The first-order chi connectivity index (χ1) is 16.6. The Balaban J connectivity index is 1.40. The summed E-state index contributed by atoms with van der Waals surface area (Å²) in [6.07, 6.45) is 1.74. The molecule has 2 atom stereocenters. The zero-order valence-corrected chi connectivity index (χ0v) is 20.6. The number of amides is 1. The van der Waals surface area contributed by atoms with Crippen LogP contribution in [0.2, 0.25) is 0 Å². The van der Waals surface area contributed by atoms with Crippen LogP contribution in [0.3, 0.4) is 0 Å². The van der Waals surface area contributed by atoms with Crippen LogP contribution in [-0.2, 0) is 9.53 Å². The van der Waals surface area contributed by atoms with Gasteiger partial charge in [-0.3, -0.25) is 0 Å². The minimum absolute atomic E-state index is 0.0310. The number of piperidine rings is 1. The Bertz CT molecular complexity index is 1270. The van der Waals surface area contributed by atoms with Crippen molar-refractivity contribution in [3.63, 3.8) is 0 Å². The number of nitriles is 1. The number of ether oxygens (including phenoxy) is 1. The first-order valence-corrected chi connectivity index (χ1v) is 12.9. The molecule has 0 bridgehead atoms. The Labute approximate surface area is 206 Å². The number of carbonyl (C=O) groups is 1. The summed E-state index contributed by atoms with van der Waals surface area (Å²) < 4.78 is 47.1. The van der Waals surface area contributed by atoms with Gasteiger partial charge in [0.2, 0.25) is 0 Å². The van der Waals surface area contributed by atoms with Gasteiger partial charge in [0, 0.05) is 0 Å². The van der Waals surface area contributed by atoms with E-state index in [-0.39, 0.29) is 28.1 Å². The Hall–Kier alpha value is -2.76. The summed E-state index contributed by atoms with van der Waals surface area (Å²) in [7, 11) is 0. The second-order valence-electron chi connectivity index (χ2n) is 9.16. The first kappa shape index (κ1) is 24.0. The Morgan fingerprint density at radius 3 is 2.83 bits per heavy atom. The van der Waals surface area contributed by atoms with Gasteiger partial charge in [0.05, 0.1) is 0 Å². The predicted octanol–water partition coefficient (Wildman–Crippen LogP) is 0.840. The summed E-state index contributed by atoms with van der Waals surface area (Å²) in [5.41, 5.74) is -0.250. The molecule has 2 aromatic rings. The summed E-state index contributed by atoms with van der Waals surface area (Å²) in [6.45, 7) is 3.76. The number of rotatable bonds is 5. The van der Waals surface area contributed by atoms with E-state index in [4.69, 9.17) is 4.74 Å². The molecular weight excluding hydrogens is 528 g/mol. The van der Waals surface area contributed by atoms with E-state index < -0.39 is 25.6 Å². The van der Waals surface area contributed by atoms with Crippen molar-refractivity contribution in [2.24, 2.45) is 5.92 Å². The van der Waals surface area contributed by atoms with Crippen molar-refractivity contribution in [3.05, 3.63) is 23.9 Å². The summed E-state index contributed by atoms with van der Waals surface area (Å²) in [5.74, 6) is 6.10. The molecule has 2 aliphatic heterocycles. The molecule has 1 amide bonds. The van der Waals surface area contributed by atoms with Gasteiger partial charge in [0.15, 0.2) is 0 Å². The second-order valence-corrected chi connectivity index (χ2v) is 11.4.